The van der Waals surface area contributed by atoms with Gasteiger partial charge in [-0.2, -0.15) is 0 Å². The third kappa shape index (κ3) is 1.90. The van der Waals surface area contributed by atoms with Crippen LogP contribution in [0.5, 0.6) is 0 Å². The first kappa shape index (κ1) is 10.2. The molecule has 1 aromatic heterocycles. The lowest BCUT2D eigenvalue weighted by molar-refractivity contribution is 0.868. The molecule has 2 heteroatoms. The number of hydrogen-bond acceptors (Lipinski definition) is 1. The van der Waals surface area contributed by atoms with Gasteiger partial charge < -0.3 is 10.7 Å². The van der Waals surface area contributed by atoms with E-state index in [2.05, 4.69) is 43.2 Å². The Morgan fingerprint density at radius 1 is 1.33 bits per heavy atom. The molecule has 0 aliphatic carbocycles. The lowest BCUT2D eigenvalue weighted by atomic mass is 10.0. The van der Waals surface area contributed by atoms with Crippen LogP contribution in [0.1, 0.15) is 30.9 Å². The molecular weight excluding hydrogens is 184 g/mol. The Bertz CT molecular complexity index is 455. The molecular formula is C13H18N2. The number of aromatic amines is 1. The highest BCUT2D eigenvalue weighted by Gasteiger charge is 2.05. The highest BCUT2D eigenvalue weighted by molar-refractivity contribution is 5.83. The van der Waals surface area contributed by atoms with Gasteiger partial charge in [0.1, 0.15) is 0 Å². The number of aromatic nitrogens is 1. The predicted molar refractivity (Wildman–Crippen MR) is 65.1 cm³/mol. The Hall–Kier alpha value is -1.28. The van der Waals surface area contributed by atoms with E-state index in [1.807, 2.05) is 0 Å². The first-order chi connectivity index (χ1) is 7.22. The van der Waals surface area contributed by atoms with Gasteiger partial charge in [-0.15, -0.1) is 0 Å². The molecule has 0 aliphatic rings. The van der Waals surface area contributed by atoms with E-state index < -0.39 is 0 Å². The van der Waals surface area contributed by atoms with Gasteiger partial charge in [0.05, 0.1) is 0 Å². The van der Waals surface area contributed by atoms with Gasteiger partial charge in [0, 0.05) is 17.1 Å². The van der Waals surface area contributed by atoms with Crippen molar-refractivity contribution in [2.75, 3.05) is 6.54 Å². The van der Waals surface area contributed by atoms with Crippen LogP contribution in [0.3, 0.4) is 0 Å². The van der Waals surface area contributed by atoms with E-state index >= 15 is 0 Å². The second-order valence-corrected chi connectivity index (χ2v) is 4.31. The van der Waals surface area contributed by atoms with Gasteiger partial charge >= 0.3 is 0 Å². The molecule has 80 valence electrons. The van der Waals surface area contributed by atoms with Gasteiger partial charge in [0.2, 0.25) is 0 Å². The molecule has 0 saturated carbocycles. The van der Waals surface area contributed by atoms with Crippen LogP contribution in [-0.4, -0.2) is 11.5 Å². The average molecular weight is 202 g/mol. The lowest BCUT2D eigenvalue weighted by Gasteiger charge is -2.05. The molecule has 0 fully saturated rings. The summed E-state index contributed by atoms with van der Waals surface area (Å²) in [6, 6.07) is 6.65. The number of nitrogens with two attached hydrogens (primary N) is 1. The van der Waals surface area contributed by atoms with E-state index in [1.165, 1.54) is 22.0 Å². The summed E-state index contributed by atoms with van der Waals surface area (Å²) in [5.41, 5.74) is 9.50. The average Bonchev–Trinajstić information content (AvgIpc) is 2.61. The fourth-order valence-corrected chi connectivity index (χ4v) is 1.93. The number of rotatable bonds is 3. The molecule has 1 aromatic carbocycles. The monoisotopic (exact) mass is 202 g/mol. The standard InChI is InChI=1S/C13H18N2/c1-9(2)10-3-4-12-11(5-6-14)8-15-13(12)7-10/h3-4,7-9,15H,5-6,14H2,1-2H3. The van der Waals surface area contributed by atoms with Crippen molar-refractivity contribution in [1.29, 1.82) is 0 Å². The van der Waals surface area contributed by atoms with Crippen LogP contribution in [0.2, 0.25) is 0 Å². The molecule has 0 radical (unpaired) electrons. The zero-order valence-electron chi connectivity index (χ0n) is 9.38. The summed E-state index contributed by atoms with van der Waals surface area (Å²) in [4.78, 5) is 3.31. The van der Waals surface area contributed by atoms with Crippen molar-refractivity contribution < 1.29 is 0 Å². The SMILES string of the molecule is CC(C)c1ccc2c(CCN)c[nH]c2c1. The Morgan fingerprint density at radius 3 is 2.80 bits per heavy atom. The maximum Gasteiger partial charge on any atom is 0.0459 e. The molecule has 1 heterocycles. The van der Waals surface area contributed by atoms with Gasteiger partial charge in [-0.25, -0.2) is 0 Å². The molecule has 3 N–H and O–H groups in total. The third-order valence-corrected chi connectivity index (χ3v) is 2.87. The largest absolute Gasteiger partial charge is 0.361 e. The van der Waals surface area contributed by atoms with Crippen LogP contribution in [0.15, 0.2) is 24.4 Å². The highest BCUT2D eigenvalue weighted by atomic mass is 14.7. The summed E-state index contributed by atoms with van der Waals surface area (Å²) in [6.45, 7) is 5.13. The van der Waals surface area contributed by atoms with Gasteiger partial charge in [0.15, 0.2) is 0 Å². The van der Waals surface area contributed by atoms with E-state index in [-0.39, 0.29) is 0 Å². The molecule has 0 amide bonds. The molecule has 15 heavy (non-hydrogen) atoms. The quantitative estimate of drug-likeness (QED) is 0.789. The minimum Gasteiger partial charge on any atom is -0.361 e. The van der Waals surface area contributed by atoms with E-state index in [9.17, 15) is 0 Å². The second kappa shape index (κ2) is 4.07. The van der Waals surface area contributed by atoms with E-state index in [4.69, 9.17) is 5.73 Å². The molecule has 0 aliphatic heterocycles. The Labute approximate surface area is 90.5 Å². The van der Waals surface area contributed by atoms with Crippen LogP contribution < -0.4 is 5.73 Å². The van der Waals surface area contributed by atoms with Crippen LogP contribution in [0.4, 0.5) is 0 Å². The Morgan fingerprint density at radius 2 is 2.13 bits per heavy atom. The van der Waals surface area contributed by atoms with Crippen LogP contribution >= 0.6 is 0 Å². The predicted octanol–water partition coefficient (Wildman–Crippen LogP) is 2.79. The van der Waals surface area contributed by atoms with Crippen molar-refractivity contribution >= 4 is 10.9 Å². The number of fused-ring (bicyclic) bond motifs is 1. The summed E-state index contributed by atoms with van der Waals surface area (Å²) < 4.78 is 0. The summed E-state index contributed by atoms with van der Waals surface area (Å²) >= 11 is 0. The van der Waals surface area contributed by atoms with Gasteiger partial charge in [0.25, 0.3) is 0 Å². The second-order valence-electron chi connectivity index (χ2n) is 4.31. The van der Waals surface area contributed by atoms with Gasteiger partial charge in [-0.3, -0.25) is 0 Å². The number of benzene rings is 1. The number of nitrogens with one attached hydrogen (secondary N) is 1. The van der Waals surface area contributed by atoms with Crippen LogP contribution in [-0.2, 0) is 6.42 Å². The first-order valence-electron chi connectivity index (χ1n) is 5.52. The van der Waals surface area contributed by atoms with E-state index in [0.717, 1.165) is 6.42 Å². The molecule has 2 nitrogen and oxygen atoms in total. The van der Waals surface area contributed by atoms with Crippen LogP contribution in [0, 0.1) is 0 Å². The van der Waals surface area contributed by atoms with E-state index in [1.54, 1.807) is 0 Å². The fourth-order valence-electron chi connectivity index (χ4n) is 1.93. The fraction of sp³-hybridized carbons (Fsp3) is 0.385. The van der Waals surface area contributed by atoms with Gasteiger partial charge in [-0.1, -0.05) is 26.0 Å². The molecule has 0 unspecified atom stereocenters. The molecule has 0 bridgehead atoms. The number of hydrogen-bond donors (Lipinski definition) is 2. The zero-order valence-corrected chi connectivity index (χ0v) is 9.38. The summed E-state index contributed by atoms with van der Waals surface area (Å²) in [7, 11) is 0. The zero-order chi connectivity index (χ0) is 10.8. The minimum absolute atomic E-state index is 0.579. The summed E-state index contributed by atoms with van der Waals surface area (Å²) in [5, 5.41) is 1.31. The Kier molecular flexibility index (Phi) is 2.78. The first-order valence-corrected chi connectivity index (χ1v) is 5.52. The van der Waals surface area contributed by atoms with Gasteiger partial charge in [-0.05, 0) is 36.1 Å². The molecule has 0 atom stereocenters. The maximum atomic E-state index is 5.57. The summed E-state index contributed by atoms with van der Waals surface area (Å²) in [6.07, 6.45) is 3.02. The smallest absolute Gasteiger partial charge is 0.0459 e. The molecule has 0 saturated heterocycles. The lowest BCUT2D eigenvalue weighted by Crippen LogP contribution is -2.01. The minimum atomic E-state index is 0.579. The van der Waals surface area contributed by atoms with Crippen molar-refractivity contribution in [3.05, 3.63) is 35.5 Å². The van der Waals surface area contributed by atoms with Crippen molar-refractivity contribution in [2.45, 2.75) is 26.2 Å². The third-order valence-electron chi connectivity index (χ3n) is 2.87. The van der Waals surface area contributed by atoms with Crippen molar-refractivity contribution in [2.24, 2.45) is 5.73 Å². The maximum absolute atomic E-state index is 5.57. The summed E-state index contributed by atoms with van der Waals surface area (Å²) in [5.74, 6) is 0.579. The van der Waals surface area contributed by atoms with Crippen molar-refractivity contribution in [3.63, 3.8) is 0 Å². The molecule has 2 aromatic rings. The van der Waals surface area contributed by atoms with Crippen molar-refractivity contribution in [3.8, 4) is 0 Å². The highest BCUT2D eigenvalue weighted by Crippen LogP contribution is 2.23. The number of H-pyrrole nitrogens is 1. The van der Waals surface area contributed by atoms with Crippen LogP contribution in [0.25, 0.3) is 10.9 Å². The molecule has 0 spiro atoms. The molecule has 2 rings (SSSR count). The normalized spacial score (nSPS) is 11.5. The topological polar surface area (TPSA) is 41.8 Å². The Balaban J connectivity index is 2.47. The van der Waals surface area contributed by atoms with E-state index in [0.29, 0.717) is 12.5 Å². The van der Waals surface area contributed by atoms with Crippen molar-refractivity contribution in [1.82, 2.24) is 4.98 Å².